The quantitative estimate of drug-likeness (QED) is 0.897. The lowest BCUT2D eigenvalue weighted by molar-refractivity contribution is 0.0963. The molecule has 1 aromatic rings. The monoisotopic (exact) mass is 295 g/mol. The van der Waals surface area contributed by atoms with Gasteiger partial charge in [0.1, 0.15) is 0 Å². The molecule has 1 aliphatic rings. The number of hydrogen-bond donors (Lipinski definition) is 2. The van der Waals surface area contributed by atoms with E-state index in [0.717, 1.165) is 25.2 Å². The number of amides is 1. The van der Waals surface area contributed by atoms with Crippen LogP contribution in [0.25, 0.3) is 0 Å². The average molecular weight is 296 g/mol. The second kappa shape index (κ2) is 6.46. The first-order valence-corrected chi connectivity index (χ1v) is 7.41. The third-order valence-electron chi connectivity index (χ3n) is 3.77. The van der Waals surface area contributed by atoms with Gasteiger partial charge < -0.3 is 10.6 Å². The lowest BCUT2D eigenvalue weighted by Gasteiger charge is -2.21. The Morgan fingerprint density at radius 3 is 2.80 bits per heavy atom. The Balaban J connectivity index is 2.08. The van der Waals surface area contributed by atoms with E-state index in [9.17, 15) is 4.79 Å². The van der Waals surface area contributed by atoms with Gasteiger partial charge in [0.25, 0.3) is 5.91 Å². The smallest absolute Gasteiger partial charge is 0.251 e. The Kier molecular flexibility index (Phi) is 4.89. The lowest BCUT2D eigenvalue weighted by Crippen LogP contribution is -2.31. The maximum Gasteiger partial charge on any atom is 0.251 e. The highest BCUT2D eigenvalue weighted by Crippen LogP contribution is 2.26. The Bertz CT molecular complexity index is 490. The predicted molar refractivity (Wildman–Crippen MR) is 83.6 cm³/mol. The van der Waals surface area contributed by atoms with Gasteiger partial charge in [-0.05, 0) is 38.5 Å². The molecule has 110 valence electrons. The van der Waals surface area contributed by atoms with Crippen molar-refractivity contribution in [2.24, 2.45) is 0 Å². The van der Waals surface area contributed by atoms with Gasteiger partial charge in [-0.1, -0.05) is 11.6 Å². The van der Waals surface area contributed by atoms with Crippen LogP contribution in [0.5, 0.6) is 0 Å². The summed E-state index contributed by atoms with van der Waals surface area (Å²) in [6.07, 6.45) is 1.10. The first-order chi connectivity index (χ1) is 9.51. The number of carbonyl (C=O) groups excluding carboxylic acids is 1. The molecule has 1 amide bonds. The van der Waals surface area contributed by atoms with Crippen molar-refractivity contribution in [2.75, 3.05) is 25.5 Å². The maximum atomic E-state index is 11.7. The number of benzene rings is 1. The SMILES string of the molecule is CNC(=O)c1ccc(Cl)c(NC2CCN(C(C)C)C2)c1. The Morgan fingerprint density at radius 1 is 1.45 bits per heavy atom. The number of anilines is 1. The van der Waals surface area contributed by atoms with Crippen LogP contribution in [0.2, 0.25) is 5.02 Å². The number of nitrogens with one attached hydrogen (secondary N) is 2. The Hall–Kier alpha value is -1.26. The zero-order chi connectivity index (χ0) is 14.7. The van der Waals surface area contributed by atoms with E-state index in [0.29, 0.717) is 22.7 Å². The summed E-state index contributed by atoms with van der Waals surface area (Å²) in [5.74, 6) is -0.0973. The van der Waals surface area contributed by atoms with Crippen molar-refractivity contribution in [1.29, 1.82) is 0 Å². The van der Waals surface area contributed by atoms with Gasteiger partial charge in [-0.2, -0.15) is 0 Å². The summed E-state index contributed by atoms with van der Waals surface area (Å²) >= 11 is 6.21. The summed E-state index contributed by atoms with van der Waals surface area (Å²) in [7, 11) is 1.63. The summed E-state index contributed by atoms with van der Waals surface area (Å²) in [5, 5.41) is 6.74. The summed E-state index contributed by atoms with van der Waals surface area (Å²) in [5.41, 5.74) is 1.46. The molecule has 1 unspecified atom stereocenters. The van der Waals surface area contributed by atoms with Gasteiger partial charge in [0.15, 0.2) is 0 Å². The van der Waals surface area contributed by atoms with E-state index in [1.165, 1.54) is 0 Å². The Morgan fingerprint density at radius 2 is 2.20 bits per heavy atom. The molecule has 1 aromatic carbocycles. The third-order valence-corrected chi connectivity index (χ3v) is 4.09. The van der Waals surface area contributed by atoms with E-state index >= 15 is 0 Å². The van der Waals surface area contributed by atoms with E-state index in [4.69, 9.17) is 11.6 Å². The molecule has 0 saturated carbocycles. The molecule has 0 bridgehead atoms. The molecule has 0 spiro atoms. The van der Waals surface area contributed by atoms with Crippen LogP contribution in [0.15, 0.2) is 18.2 Å². The van der Waals surface area contributed by atoms with Crippen molar-refractivity contribution < 1.29 is 4.79 Å². The summed E-state index contributed by atoms with van der Waals surface area (Å²) in [6.45, 7) is 6.53. The van der Waals surface area contributed by atoms with Gasteiger partial charge in [0.05, 0.1) is 10.7 Å². The van der Waals surface area contributed by atoms with Crippen LogP contribution >= 0.6 is 11.6 Å². The molecule has 1 aliphatic heterocycles. The number of likely N-dealkylation sites (tertiary alicyclic amines) is 1. The van der Waals surface area contributed by atoms with E-state index in [2.05, 4.69) is 29.4 Å². The van der Waals surface area contributed by atoms with Crippen molar-refractivity contribution >= 4 is 23.2 Å². The van der Waals surface area contributed by atoms with Gasteiger partial charge in [0.2, 0.25) is 0 Å². The summed E-state index contributed by atoms with van der Waals surface area (Å²) in [6, 6.07) is 6.27. The molecule has 1 fully saturated rings. The normalized spacial score (nSPS) is 19.4. The summed E-state index contributed by atoms with van der Waals surface area (Å²) in [4.78, 5) is 14.1. The van der Waals surface area contributed by atoms with Gasteiger partial charge in [-0.25, -0.2) is 0 Å². The van der Waals surface area contributed by atoms with Crippen molar-refractivity contribution in [2.45, 2.75) is 32.4 Å². The molecular formula is C15H22ClN3O. The maximum absolute atomic E-state index is 11.7. The largest absolute Gasteiger partial charge is 0.380 e. The van der Waals surface area contributed by atoms with Crippen molar-refractivity contribution in [1.82, 2.24) is 10.2 Å². The van der Waals surface area contributed by atoms with E-state index < -0.39 is 0 Å². The molecule has 2 N–H and O–H groups in total. The number of hydrogen-bond acceptors (Lipinski definition) is 3. The van der Waals surface area contributed by atoms with Crippen LogP contribution in [0, 0.1) is 0 Å². The standard InChI is InChI=1S/C15H22ClN3O/c1-10(2)19-7-6-12(9-19)18-14-8-11(15(20)17-3)4-5-13(14)16/h4-5,8,10,12,18H,6-7,9H2,1-3H3,(H,17,20). The van der Waals surface area contributed by atoms with Crippen molar-refractivity contribution in [3.8, 4) is 0 Å². The number of nitrogens with zero attached hydrogens (tertiary/aromatic N) is 1. The molecule has 2 rings (SSSR count). The molecule has 4 nitrogen and oxygen atoms in total. The summed E-state index contributed by atoms with van der Waals surface area (Å²) < 4.78 is 0. The molecule has 0 aromatic heterocycles. The van der Waals surface area contributed by atoms with Crippen LogP contribution in [0.3, 0.4) is 0 Å². The van der Waals surface area contributed by atoms with Crippen LogP contribution in [-0.4, -0.2) is 43.0 Å². The first-order valence-electron chi connectivity index (χ1n) is 7.03. The number of rotatable bonds is 4. The first kappa shape index (κ1) is 15.1. The minimum atomic E-state index is -0.0973. The molecule has 20 heavy (non-hydrogen) atoms. The lowest BCUT2D eigenvalue weighted by atomic mass is 10.1. The van der Waals surface area contributed by atoms with Crippen LogP contribution in [0.4, 0.5) is 5.69 Å². The van der Waals surface area contributed by atoms with Gasteiger partial charge in [0, 0.05) is 37.8 Å². The highest BCUT2D eigenvalue weighted by atomic mass is 35.5. The van der Waals surface area contributed by atoms with Crippen LogP contribution < -0.4 is 10.6 Å². The topological polar surface area (TPSA) is 44.4 Å². The minimum Gasteiger partial charge on any atom is -0.380 e. The van der Waals surface area contributed by atoms with Gasteiger partial charge >= 0.3 is 0 Å². The van der Waals surface area contributed by atoms with Crippen LogP contribution in [0.1, 0.15) is 30.6 Å². The minimum absolute atomic E-state index is 0.0973. The molecule has 5 heteroatoms. The third kappa shape index (κ3) is 3.44. The van der Waals surface area contributed by atoms with E-state index in [1.54, 1.807) is 19.2 Å². The molecular weight excluding hydrogens is 274 g/mol. The molecule has 1 atom stereocenters. The molecule has 0 aliphatic carbocycles. The molecule has 1 saturated heterocycles. The highest BCUT2D eigenvalue weighted by molar-refractivity contribution is 6.33. The molecule has 1 heterocycles. The van der Waals surface area contributed by atoms with Crippen LogP contribution in [-0.2, 0) is 0 Å². The number of halogens is 1. The number of carbonyl (C=O) groups is 1. The molecule has 0 radical (unpaired) electrons. The van der Waals surface area contributed by atoms with E-state index in [1.807, 2.05) is 6.07 Å². The van der Waals surface area contributed by atoms with Gasteiger partial charge in [-0.3, -0.25) is 9.69 Å². The van der Waals surface area contributed by atoms with Crippen molar-refractivity contribution in [3.63, 3.8) is 0 Å². The zero-order valence-corrected chi connectivity index (χ0v) is 13.0. The van der Waals surface area contributed by atoms with E-state index in [-0.39, 0.29) is 5.91 Å². The fourth-order valence-corrected chi connectivity index (χ4v) is 2.69. The fraction of sp³-hybridized carbons (Fsp3) is 0.533. The zero-order valence-electron chi connectivity index (χ0n) is 12.2. The predicted octanol–water partition coefficient (Wildman–Crippen LogP) is 2.59. The van der Waals surface area contributed by atoms with Crippen molar-refractivity contribution in [3.05, 3.63) is 28.8 Å². The fourth-order valence-electron chi connectivity index (χ4n) is 2.52. The Labute approximate surface area is 125 Å². The second-order valence-electron chi connectivity index (χ2n) is 5.49. The average Bonchev–Trinajstić information content (AvgIpc) is 2.89. The second-order valence-corrected chi connectivity index (χ2v) is 5.90. The van der Waals surface area contributed by atoms with Gasteiger partial charge in [-0.15, -0.1) is 0 Å². The highest BCUT2D eigenvalue weighted by Gasteiger charge is 2.24.